The number of esters is 2. The molecule has 0 aliphatic carbocycles. The summed E-state index contributed by atoms with van der Waals surface area (Å²) in [6.45, 7) is 0. The number of benzene rings is 2. The largest absolute Gasteiger partial charge is 0.465 e. The third-order valence-corrected chi connectivity index (χ3v) is 2.39. The zero-order valence-electron chi connectivity index (χ0n) is 11.4. The van der Waals surface area contributed by atoms with E-state index in [9.17, 15) is 9.59 Å². The number of rotatable bonds is 2. The molecule has 0 heterocycles. The molecule has 2 aromatic carbocycles. The van der Waals surface area contributed by atoms with Crippen LogP contribution in [0.15, 0.2) is 60.7 Å². The summed E-state index contributed by atoms with van der Waals surface area (Å²) >= 11 is 0. The van der Waals surface area contributed by atoms with Crippen molar-refractivity contribution in [1.29, 1.82) is 0 Å². The van der Waals surface area contributed by atoms with Crippen LogP contribution in [0.5, 0.6) is 0 Å². The van der Waals surface area contributed by atoms with Crippen LogP contribution in [0.4, 0.5) is 0 Å². The van der Waals surface area contributed by atoms with Crippen molar-refractivity contribution in [3.05, 3.63) is 71.8 Å². The van der Waals surface area contributed by atoms with E-state index in [1.165, 1.54) is 14.2 Å². The van der Waals surface area contributed by atoms with Gasteiger partial charge >= 0.3 is 11.9 Å². The van der Waals surface area contributed by atoms with Gasteiger partial charge in [0.2, 0.25) is 0 Å². The Hall–Kier alpha value is -2.62. The Balaban J connectivity index is 0.000000200. The molecule has 104 valence electrons. The molecule has 0 amide bonds. The van der Waals surface area contributed by atoms with Crippen LogP contribution in [-0.2, 0) is 9.47 Å². The summed E-state index contributed by atoms with van der Waals surface area (Å²) in [5.41, 5.74) is 1.18. The van der Waals surface area contributed by atoms with Gasteiger partial charge in [-0.2, -0.15) is 0 Å². The van der Waals surface area contributed by atoms with E-state index in [1.54, 1.807) is 48.5 Å². The molecule has 0 spiro atoms. The Bertz CT molecular complexity index is 483. The van der Waals surface area contributed by atoms with Crippen LogP contribution in [0.3, 0.4) is 0 Å². The summed E-state index contributed by atoms with van der Waals surface area (Å²) in [5.74, 6) is -0.582. The van der Waals surface area contributed by atoms with Gasteiger partial charge in [-0.05, 0) is 24.3 Å². The molecule has 0 N–H and O–H groups in total. The average Bonchev–Trinajstić information content (AvgIpc) is 2.55. The Morgan fingerprint density at radius 2 is 0.950 bits per heavy atom. The van der Waals surface area contributed by atoms with Gasteiger partial charge < -0.3 is 9.47 Å². The van der Waals surface area contributed by atoms with E-state index in [4.69, 9.17) is 0 Å². The predicted octanol–water partition coefficient (Wildman–Crippen LogP) is 2.95. The molecule has 20 heavy (non-hydrogen) atoms. The summed E-state index contributed by atoms with van der Waals surface area (Å²) in [7, 11) is 2.74. The van der Waals surface area contributed by atoms with Crippen LogP contribution in [0.25, 0.3) is 0 Å². The van der Waals surface area contributed by atoms with Crippen molar-refractivity contribution in [2.75, 3.05) is 14.2 Å². The fourth-order valence-corrected chi connectivity index (χ4v) is 1.38. The van der Waals surface area contributed by atoms with Gasteiger partial charge in [0.25, 0.3) is 0 Å². The molecule has 2 aromatic rings. The summed E-state index contributed by atoms with van der Waals surface area (Å²) in [6, 6.07) is 17.8. The lowest BCUT2D eigenvalue weighted by Gasteiger charge is -1.95. The molecule has 0 aliphatic rings. The lowest BCUT2D eigenvalue weighted by atomic mass is 10.2. The maximum Gasteiger partial charge on any atom is 0.337 e. The molecule has 0 aromatic heterocycles. The lowest BCUT2D eigenvalue weighted by molar-refractivity contribution is 0.0592. The van der Waals surface area contributed by atoms with Crippen LogP contribution in [0.2, 0.25) is 0 Å². The van der Waals surface area contributed by atoms with Gasteiger partial charge in [0, 0.05) is 0 Å². The summed E-state index contributed by atoms with van der Waals surface area (Å²) < 4.78 is 8.99. The van der Waals surface area contributed by atoms with E-state index in [2.05, 4.69) is 9.47 Å². The first-order chi connectivity index (χ1) is 9.69. The normalized spacial score (nSPS) is 8.90. The van der Waals surface area contributed by atoms with Crippen molar-refractivity contribution in [3.63, 3.8) is 0 Å². The molecule has 4 nitrogen and oxygen atoms in total. The molecular formula is C16H16O4. The third-order valence-electron chi connectivity index (χ3n) is 2.39. The zero-order chi connectivity index (χ0) is 14.8. The highest BCUT2D eigenvalue weighted by Gasteiger charge is 2.01. The quantitative estimate of drug-likeness (QED) is 0.789. The van der Waals surface area contributed by atoms with E-state index in [-0.39, 0.29) is 11.9 Å². The number of hydrogen-bond donors (Lipinski definition) is 0. The smallest absolute Gasteiger partial charge is 0.337 e. The highest BCUT2D eigenvalue weighted by Crippen LogP contribution is 1.99. The number of hydrogen-bond acceptors (Lipinski definition) is 4. The zero-order valence-corrected chi connectivity index (χ0v) is 11.4. The minimum Gasteiger partial charge on any atom is -0.465 e. The minimum atomic E-state index is -0.291. The van der Waals surface area contributed by atoms with Gasteiger partial charge in [-0.3, -0.25) is 0 Å². The van der Waals surface area contributed by atoms with Crippen LogP contribution < -0.4 is 0 Å². The van der Waals surface area contributed by atoms with Crippen molar-refractivity contribution in [2.24, 2.45) is 0 Å². The molecule has 0 bridgehead atoms. The van der Waals surface area contributed by atoms with Crippen LogP contribution in [0, 0.1) is 0 Å². The van der Waals surface area contributed by atoms with Crippen LogP contribution in [0.1, 0.15) is 20.7 Å². The monoisotopic (exact) mass is 272 g/mol. The van der Waals surface area contributed by atoms with Crippen LogP contribution >= 0.6 is 0 Å². The van der Waals surface area contributed by atoms with Gasteiger partial charge in [-0.25, -0.2) is 9.59 Å². The molecule has 0 saturated carbocycles. The average molecular weight is 272 g/mol. The summed E-state index contributed by atoms with van der Waals surface area (Å²) in [5, 5.41) is 0. The van der Waals surface area contributed by atoms with E-state index < -0.39 is 0 Å². The van der Waals surface area contributed by atoms with Gasteiger partial charge in [-0.15, -0.1) is 0 Å². The second kappa shape index (κ2) is 8.48. The maximum atomic E-state index is 10.8. The number of methoxy groups -OCH3 is 2. The molecule has 0 atom stereocenters. The fourth-order valence-electron chi connectivity index (χ4n) is 1.38. The number of ether oxygens (including phenoxy) is 2. The molecule has 0 unspecified atom stereocenters. The summed E-state index contributed by atoms with van der Waals surface area (Å²) in [4.78, 5) is 21.6. The maximum absolute atomic E-state index is 10.8. The van der Waals surface area contributed by atoms with Gasteiger partial charge in [0.15, 0.2) is 0 Å². The third kappa shape index (κ3) is 4.94. The van der Waals surface area contributed by atoms with E-state index >= 15 is 0 Å². The Kier molecular flexibility index (Phi) is 6.54. The van der Waals surface area contributed by atoms with Crippen molar-refractivity contribution >= 4 is 11.9 Å². The molecular weight excluding hydrogens is 256 g/mol. The highest BCUT2D eigenvalue weighted by atomic mass is 16.5. The second-order valence-corrected chi connectivity index (χ2v) is 3.72. The Labute approximate surface area is 118 Å². The summed E-state index contributed by atoms with van der Waals surface area (Å²) in [6.07, 6.45) is 0. The van der Waals surface area contributed by atoms with Crippen molar-refractivity contribution in [3.8, 4) is 0 Å². The molecule has 4 heteroatoms. The van der Waals surface area contributed by atoms with Gasteiger partial charge in [0.05, 0.1) is 25.3 Å². The number of carbonyl (C=O) groups excluding carboxylic acids is 2. The van der Waals surface area contributed by atoms with E-state index in [0.29, 0.717) is 11.1 Å². The van der Waals surface area contributed by atoms with Crippen LogP contribution in [-0.4, -0.2) is 26.2 Å². The molecule has 0 saturated heterocycles. The fraction of sp³-hybridized carbons (Fsp3) is 0.125. The molecule has 2 rings (SSSR count). The molecule has 0 fully saturated rings. The van der Waals surface area contributed by atoms with Crippen molar-refractivity contribution in [2.45, 2.75) is 0 Å². The molecule has 0 radical (unpaired) electrons. The predicted molar refractivity (Wildman–Crippen MR) is 75.6 cm³/mol. The first kappa shape index (κ1) is 15.4. The molecule has 0 aliphatic heterocycles. The second-order valence-electron chi connectivity index (χ2n) is 3.72. The SMILES string of the molecule is COC(=O)c1ccccc1.COC(=O)c1ccccc1. The highest BCUT2D eigenvalue weighted by molar-refractivity contribution is 5.89. The number of carbonyl (C=O) groups is 2. The Morgan fingerprint density at radius 1 is 0.650 bits per heavy atom. The van der Waals surface area contributed by atoms with Gasteiger partial charge in [-0.1, -0.05) is 36.4 Å². The Morgan fingerprint density at radius 3 is 1.20 bits per heavy atom. The topological polar surface area (TPSA) is 52.6 Å². The van der Waals surface area contributed by atoms with Gasteiger partial charge in [0.1, 0.15) is 0 Å². The minimum absolute atomic E-state index is 0.291. The van der Waals surface area contributed by atoms with E-state index in [1.807, 2.05) is 12.1 Å². The first-order valence-corrected chi connectivity index (χ1v) is 5.95. The lowest BCUT2D eigenvalue weighted by Crippen LogP contribution is -1.99. The van der Waals surface area contributed by atoms with Crippen molar-refractivity contribution < 1.29 is 19.1 Å². The first-order valence-electron chi connectivity index (χ1n) is 5.95. The van der Waals surface area contributed by atoms with Crippen molar-refractivity contribution in [1.82, 2.24) is 0 Å². The standard InChI is InChI=1S/2C8H8O2/c2*1-10-8(9)7-5-3-2-4-6-7/h2*2-6H,1H3. The van der Waals surface area contributed by atoms with E-state index in [0.717, 1.165) is 0 Å².